The van der Waals surface area contributed by atoms with Gasteiger partial charge in [-0.25, -0.2) is 0 Å². The number of benzene rings is 1. The minimum Gasteiger partial charge on any atom is -0.463 e. The van der Waals surface area contributed by atoms with Crippen LogP contribution >= 0.6 is 0 Å². The highest BCUT2D eigenvalue weighted by molar-refractivity contribution is 5.97. The summed E-state index contributed by atoms with van der Waals surface area (Å²) in [5, 5.41) is 2.93. The molecule has 1 aromatic carbocycles. The third kappa shape index (κ3) is 3.46. The molecule has 0 saturated carbocycles. The summed E-state index contributed by atoms with van der Waals surface area (Å²) < 4.78 is 12.4. The molecule has 0 aliphatic rings. The number of fused-ring (bicyclic) bond motifs is 1. The van der Waals surface area contributed by atoms with Crippen molar-refractivity contribution in [3.63, 3.8) is 0 Å². The number of hydrogen-bond donors (Lipinski definition) is 1. The fourth-order valence-electron chi connectivity index (χ4n) is 2.61. The molecular formula is C18H20N2O3. The molecule has 1 N–H and O–H groups in total. The molecule has 0 atom stereocenters. The number of hydrogen-bond acceptors (Lipinski definition) is 3. The number of rotatable bonds is 7. The summed E-state index contributed by atoms with van der Waals surface area (Å²) in [6.45, 7) is 1.85. The summed E-state index contributed by atoms with van der Waals surface area (Å²) >= 11 is 0. The SMILES string of the molecule is COCCCNC(=O)c1cc2occc2n1Cc1ccccc1. The van der Waals surface area contributed by atoms with E-state index in [-0.39, 0.29) is 5.91 Å². The van der Waals surface area contributed by atoms with Gasteiger partial charge in [-0.1, -0.05) is 30.3 Å². The van der Waals surface area contributed by atoms with E-state index >= 15 is 0 Å². The fourth-order valence-corrected chi connectivity index (χ4v) is 2.61. The van der Waals surface area contributed by atoms with Gasteiger partial charge < -0.3 is 19.0 Å². The zero-order chi connectivity index (χ0) is 16.1. The maximum Gasteiger partial charge on any atom is 0.268 e. The van der Waals surface area contributed by atoms with Crippen LogP contribution in [0.25, 0.3) is 11.1 Å². The van der Waals surface area contributed by atoms with Crippen LogP contribution in [0, 0.1) is 0 Å². The molecule has 0 fully saturated rings. The number of furan rings is 1. The van der Waals surface area contributed by atoms with Crippen molar-refractivity contribution < 1.29 is 13.9 Å². The maximum absolute atomic E-state index is 12.5. The molecule has 0 aliphatic carbocycles. The molecule has 0 saturated heterocycles. The molecular weight excluding hydrogens is 292 g/mol. The monoisotopic (exact) mass is 312 g/mol. The van der Waals surface area contributed by atoms with Crippen LogP contribution in [0.5, 0.6) is 0 Å². The summed E-state index contributed by atoms with van der Waals surface area (Å²) in [7, 11) is 1.65. The standard InChI is InChI=1S/C18H20N2O3/c1-22-10-5-9-19-18(21)16-12-17-15(8-11-23-17)20(16)13-14-6-3-2-4-7-14/h2-4,6-8,11-12H,5,9-10,13H2,1H3,(H,19,21). The van der Waals surface area contributed by atoms with E-state index in [4.69, 9.17) is 9.15 Å². The molecule has 3 rings (SSSR count). The van der Waals surface area contributed by atoms with Gasteiger partial charge in [-0.15, -0.1) is 0 Å². The number of amides is 1. The average molecular weight is 312 g/mol. The minimum atomic E-state index is -0.0940. The Bertz CT molecular complexity index is 774. The third-order valence-corrected chi connectivity index (χ3v) is 3.75. The van der Waals surface area contributed by atoms with Gasteiger partial charge in [0.1, 0.15) is 5.69 Å². The first kappa shape index (κ1) is 15.4. The highest BCUT2D eigenvalue weighted by atomic mass is 16.5. The van der Waals surface area contributed by atoms with Crippen LogP contribution in [0.2, 0.25) is 0 Å². The third-order valence-electron chi connectivity index (χ3n) is 3.75. The molecule has 0 radical (unpaired) electrons. The number of carbonyl (C=O) groups excluding carboxylic acids is 1. The number of nitrogens with zero attached hydrogens (tertiary/aromatic N) is 1. The maximum atomic E-state index is 12.5. The van der Waals surface area contributed by atoms with E-state index in [0.717, 1.165) is 23.1 Å². The molecule has 1 amide bonds. The lowest BCUT2D eigenvalue weighted by Gasteiger charge is -2.10. The van der Waals surface area contributed by atoms with Crippen LogP contribution in [0.15, 0.2) is 53.1 Å². The van der Waals surface area contributed by atoms with E-state index in [0.29, 0.717) is 25.4 Å². The molecule has 23 heavy (non-hydrogen) atoms. The lowest BCUT2D eigenvalue weighted by Crippen LogP contribution is -2.27. The Morgan fingerprint density at radius 1 is 1.26 bits per heavy atom. The topological polar surface area (TPSA) is 56.4 Å². The Morgan fingerprint density at radius 2 is 2.09 bits per heavy atom. The lowest BCUT2D eigenvalue weighted by molar-refractivity contribution is 0.0940. The van der Waals surface area contributed by atoms with Gasteiger partial charge in [-0.05, 0) is 12.0 Å². The Hall–Kier alpha value is -2.53. The van der Waals surface area contributed by atoms with Crippen molar-refractivity contribution in [2.24, 2.45) is 0 Å². The van der Waals surface area contributed by atoms with E-state index in [9.17, 15) is 4.79 Å². The van der Waals surface area contributed by atoms with Crippen LogP contribution in [0.1, 0.15) is 22.5 Å². The summed E-state index contributed by atoms with van der Waals surface area (Å²) in [5.41, 5.74) is 3.40. The van der Waals surface area contributed by atoms with Crippen molar-refractivity contribution in [3.05, 3.63) is 60.0 Å². The highest BCUT2D eigenvalue weighted by Crippen LogP contribution is 2.22. The zero-order valence-electron chi connectivity index (χ0n) is 13.1. The molecule has 0 aliphatic heterocycles. The normalized spacial score (nSPS) is 11.0. The molecule has 5 nitrogen and oxygen atoms in total. The van der Waals surface area contributed by atoms with Gasteiger partial charge in [0.15, 0.2) is 5.58 Å². The Labute approximate surface area is 134 Å². The van der Waals surface area contributed by atoms with Gasteiger partial charge in [0.2, 0.25) is 0 Å². The first-order valence-electron chi connectivity index (χ1n) is 7.67. The molecule has 5 heteroatoms. The summed E-state index contributed by atoms with van der Waals surface area (Å²) in [4.78, 5) is 12.5. The second kappa shape index (κ2) is 7.15. The van der Waals surface area contributed by atoms with Crippen LogP contribution < -0.4 is 5.32 Å². The van der Waals surface area contributed by atoms with Crippen molar-refractivity contribution in [1.29, 1.82) is 0 Å². The second-order valence-corrected chi connectivity index (χ2v) is 5.37. The van der Waals surface area contributed by atoms with Crippen molar-refractivity contribution in [1.82, 2.24) is 9.88 Å². The quantitative estimate of drug-likeness (QED) is 0.682. The molecule has 0 spiro atoms. The van der Waals surface area contributed by atoms with Crippen molar-refractivity contribution >= 4 is 17.0 Å². The van der Waals surface area contributed by atoms with Gasteiger partial charge in [0.05, 0.1) is 11.8 Å². The van der Waals surface area contributed by atoms with Crippen LogP contribution in [0.4, 0.5) is 0 Å². The van der Waals surface area contributed by atoms with Gasteiger partial charge in [-0.2, -0.15) is 0 Å². The fraction of sp³-hybridized carbons (Fsp3) is 0.278. The van der Waals surface area contributed by atoms with Crippen LogP contribution in [-0.2, 0) is 11.3 Å². The first-order valence-corrected chi connectivity index (χ1v) is 7.67. The van der Waals surface area contributed by atoms with E-state index in [2.05, 4.69) is 5.32 Å². The molecule has 3 aromatic rings. The van der Waals surface area contributed by atoms with E-state index < -0.39 is 0 Å². The van der Waals surface area contributed by atoms with Crippen LogP contribution in [-0.4, -0.2) is 30.7 Å². The Morgan fingerprint density at radius 3 is 2.87 bits per heavy atom. The first-order chi connectivity index (χ1) is 11.3. The minimum absolute atomic E-state index is 0.0940. The van der Waals surface area contributed by atoms with Gasteiger partial charge >= 0.3 is 0 Å². The number of nitrogens with one attached hydrogen (secondary N) is 1. The Kier molecular flexibility index (Phi) is 4.78. The van der Waals surface area contributed by atoms with E-state index in [1.165, 1.54) is 0 Å². The second-order valence-electron chi connectivity index (χ2n) is 5.37. The molecule has 0 unspecified atom stereocenters. The van der Waals surface area contributed by atoms with Crippen LogP contribution in [0.3, 0.4) is 0 Å². The molecule has 0 bridgehead atoms. The molecule has 2 heterocycles. The van der Waals surface area contributed by atoms with Crippen molar-refractivity contribution in [2.45, 2.75) is 13.0 Å². The molecule has 2 aromatic heterocycles. The zero-order valence-corrected chi connectivity index (χ0v) is 13.1. The smallest absolute Gasteiger partial charge is 0.268 e. The molecule has 120 valence electrons. The largest absolute Gasteiger partial charge is 0.463 e. The summed E-state index contributed by atoms with van der Waals surface area (Å²) in [5.74, 6) is -0.0940. The van der Waals surface area contributed by atoms with Gasteiger partial charge in [0, 0.05) is 38.9 Å². The average Bonchev–Trinajstić information content (AvgIpc) is 3.15. The highest BCUT2D eigenvalue weighted by Gasteiger charge is 2.17. The number of carbonyl (C=O) groups is 1. The lowest BCUT2D eigenvalue weighted by atomic mass is 10.2. The number of ether oxygens (including phenoxy) is 1. The summed E-state index contributed by atoms with van der Waals surface area (Å²) in [6, 6.07) is 13.8. The number of methoxy groups -OCH3 is 1. The van der Waals surface area contributed by atoms with Gasteiger partial charge in [-0.3, -0.25) is 4.79 Å². The van der Waals surface area contributed by atoms with E-state index in [1.807, 2.05) is 41.0 Å². The van der Waals surface area contributed by atoms with E-state index in [1.54, 1.807) is 19.4 Å². The van der Waals surface area contributed by atoms with Gasteiger partial charge in [0.25, 0.3) is 5.91 Å². The Balaban J connectivity index is 1.83. The number of aromatic nitrogens is 1. The predicted octanol–water partition coefficient (Wildman–Crippen LogP) is 3.05. The summed E-state index contributed by atoms with van der Waals surface area (Å²) in [6.07, 6.45) is 2.43. The van der Waals surface area contributed by atoms with Crippen molar-refractivity contribution in [3.8, 4) is 0 Å². The predicted molar refractivity (Wildman–Crippen MR) is 88.6 cm³/mol. The van der Waals surface area contributed by atoms with Crippen molar-refractivity contribution in [2.75, 3.05) is 20.3 Å².